The van der Waals surface area contributed by atoms with Gasteiger partial charge in [-0.2, -0.15) is 0 Å². The van der Waals surface area contributed by atoms with Crippen LogP contribution in [0.1, 0.15) is 11.1 Å². The van der Waals surface area contributed by atoms with Gasteiger partial charge in [-0.15, -0.1) is 0 Å². The molecule has 1 heterocycles. The Morgan fingerprint density at radius 3 is 2.19 bits per heavy atom. The summed E-state index contributed by atoms with van der Waals surface area (Å²) < 4.78 is 0. The lowest BCUT2D eigenvalue weighted by Crippen LogP contribution is -1.93. The molecule has 1 aliphatic heterocycles. The molecule has 80 valence electrons. The van der Waals surface area contributed by atoms with E-state index in [0.29, 0.717) is 0 Å². The number of benzene rings is 2. The van der Waals surface area contributed by atoms with Gasteiger partial charge in [0.1, 0.15) is 0 Å². The minimum atomic E-state index is 1.38. The fraction of sp³-hybridized carbons (Fsp3) is 0.143. The zero-order valence-corrected chi connectivity index (χ0v) is 10.9. The maximum atomic E-state index is 2.24. The number of fused-ring (bicyclic) bond motifs is 2. The van der Waals surface area contributed by atoms with Gasteiger partial charge in [-0.25, -0.2) is 0 Å². The van der Waals surface area contributed by atoms with Crippen LogP contribution < -0.4 is 0 Å². The Kier molecular flexibility index (Phi) is 2.49. The van der Waals surface area contributed by atoms with Gasteiger partial charge in [0.05, 0.1) is 0 Å². The minimum absolute atomic E-state index is 1.38. The molecule has 0 spiro atoms. The summed E-state index contributed by atoms with van der Waals surface area (Å²) in [6, 6.07) is 13.1. The van der Waals surface area contributed by atoms with Gasteiger partial charge in [0.15, 0.2) is 0 Å². The van der Waals surface area contributed by atoms with E-state index in [1.807, 2.05) is 23.5 Å². The van der Waals surface area contributed by atoms with Crippen molar-refractivity contribution in [1.82, 2.24) is 0 Å². The van der Waals surface area contributed by atoms with E-state index in [0.717, 1.165) is 0 Å². The molecule has 1 aliphatic rings. The number of hydrogen-bond acceptors (Lipinski definition) is 2. The van der Waals surface area contributed by atoms with Gasteiger partial charge in [-0.05, 0) is 43.2 Å². The van der Waals surface area contributed by atoms with Gasteiger partial charge in [0.2, 0.25) is 0 Å². The van der Waals surface area contributed by atoms with Crippen molar-refractivity contribution in [2.45, 2.75) is 33.4 Å². The Balaban J connectivity index is 2.16. The fourth-order valence-corrected chi connectivity index (χ4v) is 4.27. The van der Waals surface area contributed by atoms with E-state index in [4.69, 9.17) is 0 Å². The van der Waals surface area contributed by atoms with Crippen LogP contribution in [0.3, 0.4) is 0 Å². The molecule has 0 saturated carbocycles. The van der Waals surface area contributed by atoms with E-state index in [-0.39, 0.29) is 0 Å². The molecule has 3 rings (SSSR count). The van der Waals surface area contributed by atoms with Crippen LogP contribution in [-0.4, -0.2) is 0 Å². The lowest BCUT2D eigenvalue weighted by Gasteiger charge is -2.20. The molecule has 2 heteroatoms. The summed E-state index contributed by atoms with van der Waals surface area (Å²) in [5, 5.41) is 0. The van der Waals surface area contributed by atoms with Crippen molar-refractivity contribution in [2.75, 3.05) is 0 Å². The normalized spacial score (nSPS) is 13.1. The average Bonchev–Trinajstić information content (AvgIpc) is 2.32. The quantitative estimate of drug-likeness (QED) is 0.550. The lowest BCUT2D eigenvalue weighted by atomic mass is 10.1. The zero-order valence-electron chi connectivity index (χ0n) is 9.28. The summed E-state index contributed by atoms with van der Waals surface area (Å²) >= 11 is 3.79. The maximum Gasteiger partial charge on any atom is 0.0294 e. The Labute approximate surface area is 104 Å². The highest BCUT2D eigenvalue weighted by molar-refractivity contribution is 8.05. The summed E-state index contributed by atoms with van der Waals surface area (Å²) in [7, 11) is 0. The van der Waals surface area contributed by atoms with Crippen LogP contribution in [0.5, 0.6) is 0 Å². The molecule has 0 aliphatic carbocycles. The molecule has 0 fully saturated rings. The number of hydrogen-bond donors (Lipinski definition) is 0. The van der Waals surface area contributed by atoms with E-state index in [2.05, 4.69) is 50.2 Å². The highest BCUT2D eigenvalue weighted by Crippen LogP contribution is 2.49. The van der Waals surface area contributed by atoms with Crippen molar-refractivity contribution in [2.24, 2.45) is 0 Å². The van der Waals surface area contributed by atoms with Crippen molar-refractivity contribution >= 4 is 23.5 Å². The molecule has 0 amide bonds. The second-order valence-corrected chi connectivity index (χ2v) is 6.12. The van der Waals surface area contributed by atoms with Crippen molar-refractivity contribution in [3.63, 3.8) is 0 Å². The van der Waals surface area contributed by atoms with Crippen molar-refractivity contribution < 1.29 is 0 Å². The van der Waals surface area contributed by atoms with Gasteiger partial charge in [-0.3, -0.25) is 0 Å². The van der Waals surface area contributed by atoms with Crippen molar-refractivity contribution in [3.8, 4) is 0 Å². The van der Waals surface area contributed by atoms with E-state index in [1.54, 1.807) is 0 Å². The molecule has 0 aromatic heterocycles. The lowest BCUT2D eigenvalue weighted by molar-refractivity contribution is 1.09. The summed E-state index contributed by atoms with van der Waals surface area (Å²) in [6.45, 7) is 4.40. The number of rotatable bonds is 0. The first-order chi connectivity index (χ1) is 7.75. The largest absolute Gasteiger partial charge is 0.0877 e. The van der Waals surface area contributed by atoms with Crippen molar-refractivity contribution in [3.05, 3.63) is 47.5 Å². The molecule has 16 heavy (non-hydrogen) atoms. The summed E-state index contributed by atoms with van der Waals surface area (Å²) in [5.74, 6) is 0. The molecule has 2 aromatic carbocycles. The first-order valence-electron chi connectivity index (χ1n) is 5.30. The van der Waals surface area contributed by atoms with E-state index in [9.17, 15) is 0 Å². The maximum absolute atomic E-state index is 2.24. The Hall–Kier alpha value is -0.860. The Morgan fingerprint density at radius 2 is 1.44 bits per heavy atom. The second kappa shape index (κ2) is 3.86. The molecule has 0 radical (unpaired) electrons. The molecule has 0 bridgehead atoms. The molecule has 2 aromatic rings. The SMILES string of the molecule is Cc1ccc2c(c1C)Sc1ccccc1S2. The van der Waals surface area contributed by atoms with Gasteiger partial charge >= 0.3 is 0 Å². The van der Waals surface area contributed by atoms with Gasteiger partial charge in [0.25, 0.3) is 0 Å². The van der Waals surface area contributed by atoms with Crippen LogP contribution in [0.2, 0.25) is 0 Å². The van der Waals surface area contributed by atoms with E-state index >= 15 is 0 Å². The van der Waals surface area contributed by atoms with Gasteiger partial charge in [0, 0.05) is 19.6 Å². The first kappa shape index (κ1) is 10.3. The van der Waals surface area contributed by atoms with Crippen LogP contribution in [0.25, 0.3) is 0 Å². The predicted octanol–water partition coefficient (Wildman–Crippen LogP) is 4.92. The predicted molar refractivity (Wildman–Crippen MR) is 70.6 cm³/mol. The summed E-state index contributed by atoms with van der Waals surface area (Å²) in [4.78, 5) is 5.59. The molecule has 0 saturated heterocycles. The second-order valence-electron chi connectivity index (χ2n) is 3.99. The summed E-state index contributed by atoms with van der Waals surface area (Å²) in [5.41, 5.74) is 2.80. The number of aryl methyl sites for hydroxylation is 1. The van der Waals surface area contributed by atoms with E-state index in [1.165, 1.54) is 30.7 Å². The van der Waals surface area contributed by atoms with Gasteiger partial charge in [-0.1, -0.05) is 41.7 Å². The average molecular weight is 244 g/mol. The monoisotopic (exact) mass is 244 g/mol. The third-order valence-electron chi connectivity index (χ3n) is 2.92. The Morgan fingerprint density at radius 1 is 0.750 bits per heavy atom. The van der Waals surface area contributed by atoms with Crippen LogP contribution in [0.4, 0.5) is 0 Å². The van der Waals surface area contributed by atoms with E-state index < -0.39 is 0 Å². The van der Waals surface area contributed by atoms with Crippen LogP contribution in [0.15, 0.2) is 56.0 Å². The topological polar surface area (TPSA) is 0 Å². The minimum Gasteiger partial charge on any atom is -0.0877 e. The molecular weight excluding hydrogens is 232 g/mol. The standard InChI is InChI=1S/C14H12S2/c1-9-7-8-13-14(10(9)2)16-12-6-4-3-5-11(12)15-13/h3-8H,1-2H3. The van der Waals surface area contributed by atoms with Gasteiger partial charge < -0.3 is 0 Å². The third kappa shape index (κ3) is 1.57. The van der Waals surface area contributed by atoms with Crippen molar-refractivity contribution in [1.29, 1.82) is 0 Å². The van der Waals surface area contributed by atoms with Crippen LogP contribution in [0, 0.1) is 13.8 Å². The molecule has 0 atom stereocenters. The Bertz CT molecular complexity index is 559. The zero-order chi connectivity index (χ0) is 11.1. The molecular formula is C14H12S2. The third-order valence-corrected chi connectivity index (χ3v) is 5.62. The molecule has 0 N–H and O–H groups in total. The highest BCUT2D eigenvalue weighted by atomic mass is 32.2. The first-order valence-corrected chi connectivity index (χ1v) is 6.94. The highest BCUT2D eigenvalue weighted by Gasteiger charge is 2.18. The van der Waals surface area contributed by atoms with Crippen LogP contribution >= 0.6 is 23.5 Å². The van der Waals surface area contributed by atoms with Crippen LogP contribution in [-0.2, 0) is 0 Å². The molecule has 0 unspecified atom stereocenters. The smallest absolute Gasteiger partial charge is 0.0294 e. The molecule has 0 nitrogen and oxygen atoms in total. The fourth-order valence-electron chi connectivity index (χ4n) is 1.82. The summed E-state index contributed by atoms with van der Waals surface area (Å²) in [6.07, 6.45) is 0.